The van der Waals surface area contributed by atoms with E-state index in [1.165, 1.54) is 6.07 Å². The number of benzene rings is 3. The Bertz CT molecular complexity index is 1210. The van der Waals surface area contributed by atoms with Crippen LogP contribution in [0, 0.1) is 12.7 Å². The molecule has 1 atom stereocenters. The minimum atomic E-state index is -0.655. The second-order valence-corrected chi connectivity index (χ2v) is 7.90. The van der Waals surface area contributed by atoms with E-state index < -0.39 is 5.82 Å². The van der Waals surface area contributed by atoms with E-state index in [2.05, 4.69) is 29.2 Å². The lowest BCUT2D eigenvalue weighted by molar-refractivity contribution is 0.0973. The molecule has 0 saturated heterocycles. The molecule has 0 aliphatic heterocycles. The maximum Gasteiger partial charge on any atom is 0.166 e. The topological polar surface area (TPSA) is 30.0 Å². The molecule has 154 valence electrons. The molecule has 31 heavy (non-hydrogen) atoms. The molecule has 0 N–H and O–H groups in total. The van der Waals surface area contributed by atoms with Crippen LogP contribution in [-0.4, -0.2) is 10.8 Å². The van der Waals surface area contributed by atoms with Crippen molar-refractivity contribution in [2.24, 2.45) is 0 Å². The average molecular weight is 430 g/mol. The summed E-state index contributed by atoms with van der Waals surface area (Å²) in [6, 6.07) is 27.6. The van der Waals surface area contributed by atoms with Gasteiger partial charge in [0.25, 0.3) is 0 Å². The summed E-state index contributed by atoms with van der Waals surface area (Å²) in [6.45, 7) is 2.02. The second kappa shape index (κ2) is 9.23. The molecule has 0 aliphatic carbocycles. The third-order valence-corrected chi connectivity index (χ3v) is 5.70. The highest BCUT2D eigenvalue weighted by Gasteiger charge is 2.23. The van der Waals surface area contributed by atoms with E-state index >= 15 is 0 Å². The molecule has 4 rings (SSSR count). The van der Waals surface area contributed by atoms with Gasteiger partial charge in [-0.1, -0.05) is 90.5 Å². The van der Waals surface area contributed by atoms with Gasteiger partial charge < -0.3 is 0 Å². The molecule has 0 amide bonds. The van der Waals surface area contributed by atoms with Crippen LogP contribution in [0.2, 0.25) is 5.15 Å². The third-order valence-electron chi connectivity index (χ3n) is 5.50. The fourth-order valence-electron chi connectivity index (χ4n) is 3.85. The number of ketones is 1. The Balaban J connectivity index is 1.71. The van der Waals surface area contributed by atoms with E-state index in [0.717, 1.165) is 34.0 Å². The summed E-state index contributed by atoms with van der Waals surface area (Å²) in [5, 5.41) is 0.101. The van der Waals surface area contributed by atoms with Crippen LogP contribution < -0.4 is 0 Å². The van der Waals surface area contributed by atoms with Gasteiger partial charge in [-0.2, -0.15) is 0 Å². The third kappa shape index (κ3) is 4.73. The van der Waals surface area contributed by atoms with Gasteiger partial charge in [0.2, 0.25) is 0 Å². The van der Waals surface area contributed by atoms with Gasteiger partial charge in [-0.15, -0.1) is 0 Å². The van der Waals surface area contributed by atoms with Crippen LogP contribution in [0.15, 0.2) is 91.1 Å². The number of carbonyl (C=O) groups excluding carboxylic acids is 1. The van der Waals surface area contributed by atoms with Crippen molar-refractivity contribution in [3.8, 4) is 11.1 Å². The minimum absolute atomic E-state index is 0.0283. The number of pyridine rings is 1. The number of aryl methyl sites for hydroxylation is 1. The van der Waals surface area contributed by atoms with Gasteiger partial charge in [-0.3, -0.25) is 4.79 Å². The summed E-state index contributed by atoms with van der Waals surface area (Å²) < 4.78 is 14.3. The molecule has 0 aliphatic rings. The summed E-state index contributed by atoms with van der Waals surface area (Å²) in [5.74, 6) is -1.16. The fourth-order valence-corrected chi connectivity index (χ4v) is 4.00. The first-order valence-corrected chi connectivity index (χ1v) is 10.5. The number of rotatable bonds is 6. The molecule has 1 aromatic heterocycles. The number of Topliss-reactive ketones (excluding diaryl/α,β-unsaturated/α-hetero) is 1. The van der Waals surface area contributed by atoms with Crippen molar-refractivity contribution >= 4 is 17.4 Å². The molecule has 4 heteroatoms. The van der Waals surface area contributed by atoms with Crippen molar-refractivity contribution < 1.29 is 9.18 Å². The summed E-state index contributed by atoms with van der Waals surface area (Å²) in [7, 11) is 0. The number of carbonyl (C=O) groups is 1. The van der Waals surface area contributed by atoms with Gasteiger partial charge in [-0.25, -0.2) is 9.37 Å². The predicted molar refractivity (Wildman–Crippen MR) is 123 cm³/mol. The maximum absolute atomic E-state index is 14.3. The summed E-state index contributed by atoms with van der Waals surface area (Å²) in [5.41, 5.74) is 5.34. The van der Waals surface area contributed by atoms with Gasteiger partial charge in [0.15, 0.2) is 11.6 Å². The molecule has 0 spiro atoms. The van der Waals surface area contributed by atoms with Crippen LogP contribution >= 0.6 is 11.6 Å². The molecule has 1 heterocycles. The zero-order valence-electron chi connectivity index (χ0n) is 17.1. The van der Waals surface area contributed by atoms with Gasteiger partial charge in [-0.05, 0) is 40.8 Å². The lowest BCUT2D eigenvalue weighted by Gasteiger charge is -2.20. The van der Waals surface area contributed by atoms with Crippen molar-refractivity contribution in [2.75, 3.05) is 0 Å². The zero-order chi connectivity index (χ0) is 21.8. The Morgan fingerprint density at radius 3 is 2.29 bits per heavy atom. The Morgan fingerprint density at radius 1 is 0.935 bits per heavy atom. The Morgan fingerprint density at radius 2 is 1.58 bits per heavy atom. The van der Waals surface area contributed by atoms with E-state index in [-0.39, 0.29) is 28.8 Å². The summed E-state index contributed by atoms with van der Waals surface area (Å²) >= 11 is 5.90. The number of aromatic nitrogens is 1. The number of halogens is 2. The summed E-state index contributed by atoms with van der Waals surface area (Å²) in [4.78, 5) is 16.8. The van der Waals surface area contributed by atoms with Gasteiger partial charge in [0.05, 0.1) is 11.8 Å². The van der Waals surface area contributed by atoms with E-state index in [4.69, 9.17) is 11.6 Å². The van der Waals surface area contributed by atoms with E-state index in [1.54, 1.807) is 0 Å². The normalized spacial score (nSPS) is 11.8. The van der Waals surface area contributed by atoms with Crippen molar-refractivity contribution in [3.63, 3.8) is 0 Å². The highest BCUT2D eigenvalue weighted by Crippen LogP contribution is 2.33. The lowest BCUT2D eigenvalue weighted by atomic mass is 9.83. The monoisotopic (exact) mass is 429 g/mol. The van der Waals surface area contributed by atoms with E-state index in [1.807, 2.05) is 61.5 Å². The molecule has 3 aromatic carbocycles. The first kappa shape index (κ1) is 21.0. The maximum atomic E-state index is 14.3. The molecule has 0 bridgehead atoms. The van der Waals surface area contributed by atoms with Crippen molar-refractivity contribution in [3.05, 3.63) is 124 Å². The van der Waals surface area contributed by atoms with Crippen LogP contribution in [0.4, 0.5) is 4.39 Å². The predicted octanol–water partition coefficient (Wildman–Crippen LogP) is 7.25. The van der Waals surface area contributed by atoms with Gasteiger partial charge in [0, 0.05) is 12.3 Å². The molecule has 0 fully saturated rings. The Labute approximate surface area is 186 Å². The number of hydrogen-bond acceptors (Lipinski definition) is 2. The SMILES string of the molecule is Cc1ccccc1[C@H](CC(=O)c1cc(Cl)ncc1F)c1ccc(-c2ccccc2)cc1. The molecule has 0 saturated carbocycles. The van der Waals surface area contributed by atoms with Crippen LogP contribution in [0.25, 0.3) is 11.1 Å². The molecule has 2 nitrogen and oxygen atoms in total. The second-order valence-electron chi connectivity index (χ2n) is 7.51. The fraction of sp³-hybridized carbons (Fsp3) is 0.111. The molecular weight excluding hydrogens is 409 g/mol. The Kier molecular flexibility index (Phi) is 6.24. The quantitative estimate of drug-likeness (QED) is 0.238. The first-order valence-electron chi connectivity index (χ1n) is 10.1. The van der Waals surface area contributed by atoms with Crippen molar-refractivity contribution in [1.82, 2.24) is 4.98 Å². The average Bonchev–Trinajstić information content (AvgIpc) is 2.80. The van der Waals surface area contributed by atoms with Crippen LogP contribution in [0.5, 0.6) is 0 Å². The Hall–Kier alpha value is -3.30. The zero-order valence-corrected chi connectivity index (χ0v) is 17.8. The van der Waals surface area contributed by atoms with Crippen molar-refractivity contribution in [1.29, 1.82) is 0 Å². The van der Waals surface area contributed by atoms with Crippen molar-refractivity contribution in [2.45, 2.75) is 19.3 Å². The van der Waals surface area contributed by atoms with E-state index in [0.29, 0.717) is 0 Å². The van der Waals surface area contributed by atoms with Crippen LogP contribution in [0.3, 0.4) is 0 Å². The first-order chi connectivity index (χ1) is 15.0. The lowest BCUT2D eigenvalue weighted by Crippen LogP contribution is -2.12. The summed E-state index contributed by atoms with van der Waals surface area (Å²) in [6.07, 6.45) is 1.12. The molecular formula is C27H21ClFNO. The number of hydrogen-bond donors (Lipinski definition) is 0. The van der Waals surface area contributed by atoms with Gasteiger partial charge >= 0.3 is 0 Å². The highest BCUT2D eigenvalue weighted by atomic mass is 35.5. The highest BCUT2D eigenvalue weighted by molar-refractivity contribution is 6.29. The minimum Gasteiger partial charge on any atom is -0.294 e. The largest absolute Gasteiger partial charge is 0.294 e. The molecule has 0 unspecified atom stereocenters. The van der Waals surface area contributed by atoms with Crippen LogP contribution in [-0.2, 0) is 0 Å². The standard InChI is InChI=1S/C27H21ClFNO/c1-18-7-5-6-10-22(18)23(15-26(31)24-16-27(28)30-17-25(24)29)21-13-11-20(12-14-21)19-8-3-2-4-9-19/h2-14,16-17,23H,15H2,1H3/t23-/m1/s1. The van der Waals surface area contributed by atoms with Crippen LogP contribution in [0.1, 0.15) is 39.4 Å². The smallest absolute Gasteiger partial charge is 0.166 e. The van der Waals surface area contributed by atoms with Gasteiger partial charge in [0.1, 0.15) is 5.15 Å². The van der Waals surface area contributed by atoms with E-state index in [9.17, 15) is 9.18 Å². The number of nitrogens with zero attached hydrogens (tertiary/aromatic N) is 1. The molecule has 4 aromatic rings. The molecule has 0 radical (unpaired) electrons.